The minimum Gasteiger partial charge on any atom is -0.444 e. The van der Waals surface area contributed by atoms with Crippen LogP contribution in [0.5, 0.6) is 0 Å². The molecule has 0 aromatic rings. The lowest BCUT2D eigenvalue weighted by Crippen LogP contribution is -2.48. The lowest BCUT2D eigenvalue weighted by atomic mass is 9.92. The molecule has 0 heterocycles. The second-order valence-corrected chi connectivity index (χ2v) is 8.40. The first kappa shape index (κ1) is 15.6. The molecule has 1 aliphatic rings. The monoisotopic (exact) mass is 297 g/mol. The summed E-state index contributed by atoms with van der Waals surface area (Å²) in [5, 5.41) is 0. The van der Waals surface area contributed by atoms with Gasteiger partial charge in [0, 0.05) is 23.3 Å². The predicted octanol–water partition coefficient (Wildman–Crippen LogP) is 2.34. The molecule has 0 aromatic carbocycles. The Morgan fingerprint density at radius 3 is 2.28 bits per heavy atom. The van der Waals surface area contributed by atoms with Gasteiger partial charge in [-0.15, -0.1) is 0 Å². The number of amides is 1. The molecule has 7 heteroatoms. The van der Waals surface area contributed by atoms with Crippen LogP contribution in [0.2, 0.25) is 0 Å². The van der Waals surface area contributed by atoms with Crippen molar-refractivity contribution in [3.63, 3.8) is 0 Å². The van der Waals surface area contributed by atoms with Crippen molar-refractivity contribution in [3.8, 4) is 0 Å². The number of nitrogens with zero attached hydrogens (tertiary/aromatic N) is 1. The molecule has 0 aromatic heterocycles. The average Bonchev–Trinajstić information content (AvgIpc) is 2.03. The zero-order chi connectivity index (χ0) is 14.0. The molecule has 1 saturated carbocycles. The van der Waals surface area contributed by atoms with E-state index in [-0.39, 0.29) is 18.3 Å². The fraction of sp³-hybridized carbons (Fsp3) is 0.909. The molecule has 0 spiro atoms. The van der Waals surface area contributed by atoms with E-state index in [4.69, 9.17) is 15.4 Å². The van der Waals surface area contributed by atoms with Crippen molar-refractivity contribution in [2.75, 3.05) is 12.3 Å². The van der Waals surface area contributed by atoms with Gasteiger partial charge in [0.2, 0.25) is 9.05 Å². The van der Waals surface area contributed by atoms with E-state index in [0.717, 1.165) is 19.3 Å². The van der Waals surface area contributed by atoms with E-state index in [1.807, 2.05) is 0 Å². The SMILES string of the molecule is CC(C)(C)OC(=O)N(CCS(=O)(=O)Cl)C1CCC1. The number of carbonyl (C=O) groups is 1. The number of rotatable bonds is 4. The Hall–Kier alpha value is -0.490. The number of ether oxygens (including phenoxy) is 1. The van der Waals surface area contributed by atoms with E-state index in [9.17, 15) is 13.2 Å². The summed E-state index contributed by atoms with van der Waals surface area (Å²) in [6, 6.07) is 0.0817. The summed E-state index contributed by atoms with van der Waals surface area (Å²) in [7, 11) is 1.58. The lowest BCUT2D eigenvalue weighted by Gasteiger charge is -2.38. The number of halogens is 1. The van der Waals surface area contributed by atoms with Gasteiger partial charge in [-0.25, -0.2) is 13.2 Å². The molecule has 0 unspecified atom stereocenters. The molecule has 0 N–H and O–H groups in total. The first-order valence-electron chi connectivity index (χ1n) is 6.00. The van der Waals surface area contributed by atoms with Crippen molar-refractivity contribution in [3.05, 3.63) is 0 Å². The summed E-state index contributed by atoms with van der Waals surface area (Å²) in [5.74, 6) is -0.246. The molecule has 0 bridgehead atoms. The van der Waals surface area contributed by atoms with Crippen LogP contribution in [-0.4, -0.2) is 43.4 Å². The predicted molar refractivity (Wildman–Crippen MR) is 70.2 cm³/mol. The van der Waals surface area contributed by atoms with E-state index in [1.54, 1.807) is 20.8 Å². The van der Waals surface area contributed by atoms with Gasteiger partial charge in [0.05, 0.1) is 5.75 Å². The van der Waals surface area contributed by atoms with Crippen molar-refractivity contribution < 1.29 is 17.9 Å². The normalized spacial score (nSPS) is 17.1. The molecule has 0 saturated heterocycles. The summed E-state index contributed by atoms with van der Waals surface area (Å²) < 4.78 is 27.2. The van der Waals surface area contributed by atoms with Gasteiger partial charge in [-0.05, 0) is 40.0 Å². The van der Waals surface area contributed by atoms with Crippen molar-refractivity contribution in [1.82, 2.24) is 4.90 Å². The van der Waals surface area contributed by atoms with Gasteiger partial charge in [0.25, 0.3) is 0 Å². The van der Waals surface area contributed by atoms with Crippen LogP contribution in [0.25, 0.3) is 0 Å². The first-order chi connectivity index (χ1) is 8.08. The van der Waals surface area contributed by atoms with Gasteiger partial charge in [-0.1, -0.05) is 0 Å². The highest BCUT2D eigenvalue weighted by atomic mass is 35.7. The first-order valence-corrected chi connectivity index (χ1v) is 8.48. The maximum absolute atomic E-state index is 12.0. The summed E-state index contributed by atoms with van der Waals surface area (Å²) in [6.45, 7) is 5.43. The highest BCUT2D eigenvalue weighted by Gasteiger charge is 2.32. The van der Waals surface area contributed by atoms with Crippen molar-refractivity contribution >= 4 is 25.8 Å². The molecule has 0 atom stereocenters. The van der Waals surface area contributed by atoms with Crippen LogP contribution in [-0.2, 0) is 13.8 Å². The average molecular weight is 298 g/mol. The fourth-order valence-corrected chi connectivity index (χ4v) is 2.27. The van der Waals surface area contributed by atoms with Gasteiger partial charge in [0.15, 0.2) is 0 Å². The fourth-order valence-electron chi connectivity index (χ4n) is 1.65. The number of carbonyl (C=O) groups excluding carboxylic acids is 1. The molecule has 0 radical (unpaired) electrons. The summed E-state index contributed by atoms with van der Waals surface area (Å²) in [5.41, 5.74) is -0.584. The van der Waals surface area contributed by atoms with Crippen molar-refractivity contribution in [2.45, 2.75) is 51.7 Å². The molecule has 1 amide bonds. The highest BCUT2D eigenvalue weighted by Crippen LogP contribution is 2.26. The van der Waals surface area contributed by atoms with Crippen LogP contribution in [0.1, 0.15) is 40.0 Å². The van der Waals surface area contributed by atoms with Crippen LogP contribution in [0.3, 0.4) is 0 Å². The van der Waals surface area contributed by atoms with Gasteiger partial charge in [-0.3, -0.25) is 0 Å². The maximum atomic E-state index is 12.0. The van der Waals surface area contributed by atoms with Gasteiger partial charge in [0.1, 0.15) is 5.60 Å². The Balaban J connectivity index is 2.63. The van der Waals surface area contributed by atoms with Crippen molar-refractivity contribution in [2.24, 2.45) is 0 Å². The number of hydrogen-bond acceptors (Lipinski definition) is 4. The van der Waals surface area contributed by atoms with E-state index < -0.39 is 20.7 Å². The Labute approximate surface area is 113 Å². The molecule has 1 fully saturated rings. The summed E-state index contributed by atoms with van der Waals surface area (Å²) in [6.07, 6.45) is 2.37. The minimum atomic E-state index is -3.59. The standard InChI is InChI=1S/C11H20ClNO4S/c1-11(2,3)17-10(14)13(9-5-4-6-9)7-8-18(12,15)16/h9H,4-8H2,1-3H3. The maximum Gasteiger partial charge on any atom is 0.410 e. The zero-order valence-corrected chi connectivity index (χ0v) is 12.6. The highest BCUT2D eigenvalue weighted by molar-refractivity contribution is 8.13. The molecule has 5 nitrogen and oxygen atoms in total. The van der Waals surface area contributed by atoms with Crippen LogP contribution in [0, 0.1) is 0 Å². The third-order valence-electron chi connectivity index (χ3n) is 2.72. The summed E-state index contributed by atoms with van der Waals surface area (Å²) >= 11 is 0. The number of hydrogen-bond donors (Lipinski definition) is 0. The Kier molecular flexibility index (Phi) is 4.89. The lowest BCUT2D eigenvalue weighted by molar-refractivity contribution is 0.00889. The summed E-state index contributed by atoms with van der Waals surface area (Å²) in [4.78, 5) is 13.5. The quantitative estimate of drug-likeness (QED) is 0.747. The second-order valence-electron chi connectivity index (χ2n) is 5.50. The second kappa shape index (κ2) is 5.65. The third kappa shape index (κ3) is 5.44. The molecule has 18 heavy (non-hydrogen) atoms. The Morgan fingerprint density at radius 1 is 1.39 bits per heavy atom. The topological polar surface area (TPSA) is 63.7 Å². The van der Waals surface area contributed by atoms with Crippen LogP contribution in [0.15, 0.2) is 0 Å². The van der Waals surface area contributed by atoms with Crippen molar-refractivity contribution in [1.29, 1.82) is 0 Å². The van der Waals surface area contributed by atoms with E-state index in [2.05, 4.69) is 0 Å². The molecular formula is C11H20ClNO4S. The Bertz CT molecular complexity index is 398. The third-order valence-corrected chi connectivity index (χ3v) is 3.85. The smallest absolute Gasteiger partial charge is 0.410 e. The van der Waals surface area contributed by atoms with E-state index in [0.29, 0.717) is 0 Å². The van der Waals surface area contributed by atoms with Gasteiger partial charge >= 0.3 is 6.09 Å². The Morgan fingerprint density at radius 2 is 1.94 bits per heavy atom. The van der Waals surface area contributed by atoms with Crippen LogP contribution < -0.4 is 0 Å². The molecule has 0 aliphatic heterocycles. The molecule has 106 valence electrons. The minimum absolute atomic E-state index is 0.0817. The molecular weight excluding hydrogens is 278 g/mol. The van der Waals surface area contributed by atoms with Crippen LogP contribution in [0.4, 0.5) is 4.79 Å². The zero-order valence-electron chi connectivity index (χ0n) is 11.0. The molecule has 1 aliphatic carbocycles. The van der Waals surface area contributed by atoms with Crippen LogP contribution >= 0.6 is 10.7 Å². The van der Waals surface area contributed by atoms with E-state index in [1.165, 1.54) is 4.90 Å². The van der Waals surface area contributed by atoms with E-state index >= 15 is 0 Å². The largest absolute Gasteiger partial charge is 0.444 e. The molecule has 1 rings (SSSR count). The van der Waals surface area contributed by atoms with Gasteiger partial charge < -0.3 is 9.64 Å². The van der Waals surface area contributed by atoms with Gasteiger partial charge in [-0.2, -0.15) is 0 Å².